The van der Waals surface area contributed by atoms with Crippen LogP contribution in [0.3, 0.4) is 0 Å². The van der Waals surface area contributed by atoms with Crippen molar-refractivity contribution in [1.82, 2.24) is 0 Å². The zero-order valence-corrected chi connectivity index (χ0v) is 18.9. The Bertz CT molecular complexity index is 644. The average molecular weight is 421 g/mol. The Balaban J connectivity index is 1.61. The Labute approximate surface area is 181 Å². The molecular formula is C25H40O5. The van der Waals surface area contributed by atoms with Crippen LogP contribution in [0.15, 0.2) is 18.2 Å². The van der Waals surface area contributed by atoms with E-state index in [2.05, 4.69) is 19.1 Å². The predicted molar refractivity (Wildman–Crippen MR) is 118 cm³/mol. The second-order valence-corrected chi connectivity index (χ2v) is 9.13. The number of benzene rings is 1. The maximum atomic E-state index is 10.8. The number of fused-ring (bicyclic) bond motifs is 2. The molecule has 5 heteroatoms. The molecule has 0 heterocycles. The van der Waals surface area contributed by atoms with Crippen LogP contribution in [0.25, 0.3) is 0 Å². The van der Waals surface area contributed by atoms with E-state index in [-0.39, 0.29) is 18.5 Å². The largest absolute Gasteiger partial charge is 0.488 e. The Hall–Kier alpha value is -1.14. The summed E-state index contributed by atoms with van der Waals surface area (Å²) in [6, 6.07) is 6.28. The summed E-state index contributed by atoms with van der Waals surface area (Å²) in [5.74, 6) is 2.19. The van der Waals surface area contributed by atoms with Crippen LogP contribution in [0.2, 0.25) is 0 Å². The second kappa shape index (κ2) is 11.5. The first-order valence-electron chi connectivity index (χ1n) is 11.7. The lowest BCUT2D eigenvalue weighted by Crippen LogP contribution is -2.28. The summed E-state index contributed by atoms with van der Waals surface area (Å²) in [4.78, 5) is 0. The predicted octanol–water partition coefficient (Wildman–Crippen LogP) is 4.12. The standard InChI is InChI=1S/C25H40O5/c1-4-5-6-9-19(26)11-12-20-21-13-17-8-7-10-24(30-16-25(28-2)29-3)22(17)14-18(21)15-23(20)27/h7-8,10,18-21,23,25-27H,4-6,9,11-16H2,1-3H3/t18-,19-,20+,21-,23+/m0/s1. The Kier molecular flexibility index (Phi) is 8.99. The SMILES string of the molecule is CCCCC[C@H](O)CC[C@@H]1[C@H]2Cc3cccc(OCC(OC)OC)c3C[C@H]2C[C@H]1O. The van der Waals surface area contributed by atoms with E-state index in [1.54, 1.807) is 14.2 Å². The van der Waals surface area contributed by atoms with Crippen molar-refractivity contribution in [2.75, 3.05) is 20.8 Å². The first-order chi connectivity index (χ1) is 14.6. The van der Waals surface area contributed by atoms with E-state index in [9.17, 15) is 10.2 Å². The number of rotatable bonds is 12. The van der Waals surface area contributed by atoms with Crippen LogP contribution in [-0.4, -0.2) is 49.5 Å². The van der Waals surface area contributed by atoms with Crippen LogP contribution in [0.4, 0.5) is 0 Å². The van der Waals surface area contributed by atoms with Gasteiger partial charge in [-0.15, -0.1) is 0 Å². The molecule has 0 spiro atoms. The van der Waals surface area contributed by atoms with Crippen LogP contribution in [0.5, 0.6) is 5.75 Å². The average Bonchev–Trinajstić information content (AvgIpc) is 3.05. The Morgan fingerprint density at radius 3 is 2.63 bits per heavy atom. The number of hydrogen-bond acceptors (Lipinski definition) is 5. The van der Waals surface area contributed by atoms with Gasteiger partial charge in [-0.3, -0.25) is 0 Å². The van der Waals surface area contributed by atoms with E-state index in [0.717, 1.165) is 50.7 Å². The van der Waals surface area contributed by atoms with Crippen LogP contribution >= 0.6 is 0 Å². The lowest BCUT2D eigenvalue weighted by molar-refractivity contribution is -0.122. The summed E-state index contributed by atoms with van der Waals surface area (Å²) in [5, 5.41) is 21.1. The Morgan fingerprint density at radius 2 is 1.90 bits per heavy atom. The summed E-state index contributed by atoms with van der Waals surface area (Å²) in [6.07, 6.45) is 8.01. The van der Waals surface area contributed by atoms with Crippen molar-refractivity contribution >= 4 is 0 Å². The quantitative estimate of drug-likeness (QED) is 0.393. The molecule has 0 radical (unpaired) electrons. The van der Waals surface area contributed by atoms with Crippen molar-refractivity contribution in [2.45, 2.75) is 83.2 Å². The minimum absolute atomic E-state index is 0.229. The highest BCUT2D eigenvalue weighted by atomic mass is 16.7. The van der Waals surface area contributed by atoms with Gasteiger partial charge in [0.2, 0.25) is 0 Å². The van der Waals surface area contributed by atoms with E-state index in [1.807, 2.05) is 6.07 Å². The van der Waals surface area contributed by atoms with Crippen molar-refractivity contribution < 1.29 is 24.4 Å². The molecule has 2 aliphatic rings. The summed E-state index contributed by atoms with van der Waals surface area (Å²) in [7, 11) is 3.23. The highest BCUT2D eigenvalue weighted by molar-refractivity contribution is 5.43. The molecule has 0 aromatic heterocycles. The van der Waals surface area contributed by atoms with Crippen molar-refractivity contribution in [3.8, 4) is 5.75 Å². The number of unbranched alkanes of at least 4 members (excludes halogenated alkanes) is 2. The highest BCUT2D eigenvalue weighted by Crippen LogP contribution is 2.48. The van der Waals surface area contributed by atoms with E-state index < -0.39 is 0 Å². The zero-order chi connectivity index (χ0) is 21.5. The van der Waals surface area contributed by atoms with E-state index in [1.165, 1.54) is 24.0 Å². The summed E-state index contributed by atoms with van der Waals surface area (Å²) in [5.41, 5.74) is 2.61. The van der Waals surface area contributed by atoms with Gasteiger partial charge in [0.15, 0.2) is 6.29 Å². The fraction of sp³-hybridized carbons (Fsp3) is 0.760. The molecule has 5 nitrogen and oxygen atoms in total. The lowest BCUT2D eigenvalue weighted by atomic mass is 9.73. The topological polar surface area (TPSA) is 68.2 Å². The highest BCUT2D eigenvalue weighted by Gasteiger charge is 2.44. The lowest BCUT2D eigenvalue weighted by Gasteiger charge is -2.32. The minimum atomic E-state index is -0.376. The maximum absolute atomic E-state index is 10.8. The summed E-state index contributed by atoms with van der Waals surface area (Å²) < 4.78 is 16.5. The van der Waals surface area contributed by atoms with Crippen molar-refractivity contribution in [1.29, 1.82) is 0 Å². The van der Waals surface area contributed by atoms with Gasteiger partial charge in [-0.1, -0.05) is 38.3 Å². The van der Waals surface area contributed by atoms with Gasteiger partial charge in [0.1, 0.15) is 12.4 Å². The third kappa shape index (κ3) is 5.76. The maximum Gasteiger partial charge on any atom is 0.191 e. The van der Waals surface area contributed by atoms with Gasteiger partial charge in [-0.2, -0.15) is 0 Å². The van der Waals surface area contributed by atoms with Gasteiger partial charge in [-0.05, 0) is 73.5 Å². The normalized spacial score (nSPS) is 26.5. The van der Waals surface area contributed by atoms with Crippen LogP contribution in [0, 0.1) is 17.8 Å². The molecule has 1 aromatic rings. The number of aliphatic hydroxyl groups excluding tert-OH is 2. The number of methoxy groups -OCH3 is 2. The third-order valence-electron chi connectivity index (χ3n) is 7.22. The molecule has 0 bridgehead atoms. The second-order valence-electron chi connectivity index (χ2n) is 9.13. The monoisotopic (exact) mass is 420 g/mol. The fourth-order valence-electron chi connectivity index (χ4n) is 5.49. The van der Waals surface area contributed by atoms with Crippen LogP contribution in [0.1, 0.15) is 63.0 Å². The van der Waals surface area contributed by atoms with E-state index >= 15 is 0 Å². The summed E-state index contributed by atoms with van der Waals surface area (Å²) in [6.45, 7) is 2.55. The molecule has 0 aliphatic heterocycles. The van der Waals surface area contributed by atoms with Gasteiger partial charge < -0.3 is 24.4 Å². The molecule has 1 saturated carbocycles. The molecule has 0 unspecified atom stereocenters. The van der Waals surface area contributed by atoms with Gasteiger partial charge in [0.05, 0.1) is 12.2 Å². The molecule has 0 amide bonds. The molecule has 2 aliphatic carbocycles. The molecule has 1 aromatic carbocycles. The first kappa shape index (κ1) is 23.5. The smallest absolute Gasteiger partial charge is 0.191 e. The molecule has 30 heavy (non-hydrogen) atoms. The van der Waals surface area contributed by atoms with Gasteiger partial charge >= 0.3 is 0 Å². The Morgan fingerprint density at radius 1 is 1.10 bits per heavy atom. The fourth-order valence-corrected chi connectivity index (χ4v) is 5.49. The molecule has 170 valence electrons. The summed E-state index contributed by atoms with van der Waals surface area (Å²) >= 11 is 0. The molecule has 2 N–H and O–H groups in total. The first-order valence-corrected chi connectivity index (χ1v) is 11.7. The van der Waals surface area contributed by atoms with E-state index in [4.69, 9.17) is 14.2 Å². The molecular weight excluding hydrogens is 380 g/mol. The van der Waals surface area contributed by atoms with Gasteiger partial charge in [0.25, 0.3) is 0 Å². The number of aliphatic hydroxyl groups is 2. The third-order valence-corrected chi connectivity index (χ3v) is 7.22. The van der Waals surface area contributed by atoms with Gasteiger partial charge in [-0.25, -0.2) is 0 Å². The molecule has 0 saturated heterocycles. The van der Waals surface area contributed by atoms with Crippen LogP contribution < -0.4 is 4.74 Å². The van der Waals surface area contributed by atoms with Crippen molar-refractivity contribution in [2.24, 2.45) is 17.8 Å². The van der Waals surface area contributed by atoms with E-state index in [0.29, 0.717) is 24.4 Å². The molecule has 5 atom stereocenters. The molecule has 1 fully saturated rings. The van der Waals surface area contributed by atoms with Gasteiger partial charge in [0, 0.05) is 14.2 Å². The zero-order valence-electron chi connectivity index (χ0n) is 18.9. The number of ether oxygens (including phenoxy) is 3. The van der Waals surface area contributed by atoms with Crippen molar-refractivity contribution in [3.63, 3.8) is 0 Å². The van der Waals surface area contributed by atoms with Crippen molar-refractivity contribution in [3.05, 3.63) is 29.3 Å². The van der Waals surface area contributed by atoms with Crippen LogP contribution in [-0.2, 0) is 22.3 Å². The minimum Gasteiger partial charge on any atom is -0.488 e. The number of hydrogen-bond donors (Lipinski definition) is 2. The molecule has 3 rings (SSSR count).